The summed E-state index contributed by atoms with van der Waals surface area (Å²) in [5.74, 6) is -1.69. The van der Waals surface area contributed by atoms with E-state index in [1.54, 1.807) is 7.11 Å². The van der Waals surface area contributed by atoms with Crippen molar-refractivity contribution in [2.24, 2.45) is 0 Å². The van der Waals surface area contributed by atoms with E-state index in [9.17, 15) is 8.78 Å². The van der Waals surface area contributed by atoms with Gasteiger partial charge in [-0.25, -0.2) is 8.78 Å². The molecule has 0 aliphatic carbocycles. The molecule has 0 heterocycles. The molecule has 0 saturated heterocycles. The second kappa shape index (κ2) is 6.29. The molecule has 0 aliphatic rings. The van der Waals surface area contributed by atoms with Crippen LogP contribution in [0.5, 0.6) is 0 Å². The average Bonchev–Trinajstić information content (AvgIpc) is 2.42. The molecule has 0 atom stereocenters. The topological polar surface area (TPSA) is 21.3 Å². The lowest BCUT2D eigenvalue weighted by Crippen LogP contribution is -2.00. The van der Waals surface area contributed by atoms with Crippen molar-refractivity contribution in [2.75, 3.05) is 12.4 Å². The van der Waals surface area contributed by atoms with Gasteiger partial charge < -0.3 is 10.1 Å². The molecule has 0 aliphatic heterocycles. The number of rotatable bonds is 5. The summed E-state index contributed by atoms with van der Waals surface area (Å²) in [5, 5.41) is 3.04. The highest BCUT2D eigenvalue weighted by Crippen LogP contribution is 2.14. The Labute approximate surface area is 111 Å². The fourth-order valence-corrected chi connectivity index (χ4v) is 1.73. The maximum Gasteiger partial charge on any atom is 0.160 e. The summed E-state index contributed by atoms with van der Waals surface area (Å²) >= 11 is 0. The van der Waals surface area contributed by atoms with Crippen molar-refractivity contribution in [2.45, 2.75) is 13.2 Å². The molecule has 0 unspecified atom stereocenters. The predicted molar refractivity (Wildman–Crippen MR) is 70.8 cm³/mol. The Morgan fingerprint density at radius 2 is 1.63 bits per heavy atom. The Morgan fingerprint density at radius 3 is 2.26 bits per heavy atom. The van der Waals surface area contributed by atoms with Crippen LogP contribution in [0.1, 0.15) is 11.1 Å². The van der Waals surface area contributed by atoms with Crippen molar-refractivity contribution in [3.05, 3.63) is 65.2 Å². The smallest absolute Gasteiger partial charge is 0.160 e. The summed E-state index contributed by atoms with van der Waals surface area (Å²) in [6, 6.07) is 11.7. The van der Waals surface area contributed by atoms with Gasteiger partial charge >= 0.3 is 0 Å². The number of hydrogen-bond donors (Lipinski definition) is 1. The van der Waals surface area contributed by atoms with E-state index < -0.39 is 11.6 Å². The van der Waals surface area contributed by atoms with Gasteiger partial charge in [-0.1, -0.05) is 24.3 Å². The molecular weight excluding hydrogens is 248 g/mol. The first-order valence-electron chi connectivity index (χ1n) is 5.94. The number of methoxy groups -OCH3 is 1. The molecule has 0 saturated carbocycles. The molecule has 1 N–H and O–H groups in total. The largest absolute Gasteiger partial charge is 0.381 e. The normalized spacial score (nSPS) is 10.5. The van der Waals surface area contributed by atoms with Gasteiger partial charge in [-0.2, -0.15) is 0 Å². The molecule has 0 aromatic heterocycles. The third kappa shape index (κ3) is 3.76. The van der Waals surface area contributed by atoms with Gasteiger partial charge in [0.25, 0.3) is 0 Å². The molecule has 0 spiro atoms. The van der Waals surface area contributed by atoms with E-state index in [0.717, 1.165) is 23.3 Å². The minimum Gasteiger partial charge on any atom is -0.381 e. The molecule has 2 nitrogen and oxygen atoms in total. The molecular formula is C15H15F2NO. The van der Waals surface area contributed by atoms with E-state index in [2.05, 4.69) is 5.32 Å². The lowest BCUT2D eigenvalue weighted by molar-refractivity contribution is 0.185. The Hall–Kier alpha value is -1.94. The van der Waals surface area contributed by atoms with E-state index in [-0.39, 0.29) is 0 Å². The fraction of sp³-hybridized carbons (Fsp3) is 0.200. The van der Waals surface area contributed by atoms with Crippen LogP contribution >= 0.6 is 0 Å². The SMILES string of the molecule is COCc1ccc(CNc2ccc(F)c(F)c2)cc1. The highest BCUT2D eigenvalue weighted by Gasteiger charge is 2.02. The number of benzene rings is 2. The molecule has 2 rings (SSSR count). The lowest BCUT2D eigenvalue weighted by Gasteiger charge is -2.08. The fourth-order valence-electron chi connectivity index (χ4n) is 1.73. The molecule has 0 amide bonds. The molecule has 4 heteroatoms. The van der Waals surface area contributed by atoms with Gasteiger partial charge in [0, 0.05) is 25.4 Å². The summed E-state index contributed by atoms with van der Waals surface area (Å²) < 4.78 is 30.8. The Bertz CT molecular complexity index is 540. The zero-order valence-corrected chi connectivity index (χ0v) is 10.6. The van der Waals surface area contributed by atoms with Crippen LogP contribution in [0.25, 0.3) is 0 Å². The van der Waals surface area contributed by atoms with Gasteiger partial charge in [0.15, 0.2) is 11.6 Å². The van der Waals surface area contributed by atoms with E-state index in [0.29, 0.717) is 18.8 Å². The number of hydrogen-bond acceptors (Lipinski definition) is 2. The second-order valence-corrected chi connectivity index (χ2v) is 4.23. The van der Waals surface area contributed by atoms with Crippen LogP contribution in [0.4, 0.5) is 14.5 Å². The molecule has 0 radical (unpaired) electrons. The van der Waals surface area contributed by atoms with Crippen LogP contribution in [-0.2, 0) is 17.9 Å². The number of halogens is 2. The lowest BCUT2D eigenvalue weighted by atomic mass is 10.1. The van der Waals surface area contributed by atoms with Gasteiger partial charge in [0.05, 0.1) is 6.61 Å². The van der Waals surface area contributed by atoms with Crippen molar-refractivity contribution < 1.29 is 13.5 Å². The zero-order chi connectivity index (χ0) is 13.7. The second-order valence-electron chi connectivity index (χ2n) is 4.23. The molecule has 0 fully saturated rings. The average molecular weight is 263 g/mol. The van der Waals surface area contributed by atoms with Gasteiger partial charge in [-0.05, 0) is 23.3 Å². The summed E-state index contributed by atoms with van der Waals surface area (Å²) in [6.45, 7) is 1.13. The molecule has 2 aromatic rings. The standard InChI is InChI=1S/C15H15F2NO/c1-19-10-12-4-2-11(3-5-12)9-18-13-6-7-14(16)15(17)8-13/h2-8,18H,9-10H2,1H3. The Balaban J connectivity index is 1.96. The van der Waals surface area contributed by atoms with Gasteiger partial charge in [-0.15, -0.1) is 0 Å². The molecule has 100 valence electrons. The van der Waals surface area contributed by atoms with Crippen molar-refractivity contribution in [3.8, 4) is 0 Å². The Morgan fingerprint density at radius 1 is 0.947 bits per heavy atom. The van der Waals surface area contributed by atoms with Crippen molar-refractivity contribution in [1.82, 2.24) is 0 Å². The summed E-state index contributed by atoms with van der Waals surface area (Å²) in [5.41, 5.74) is 2.71. The summed E-state index contributed by atoms with van der Waals surface area (Å²) in [4.78, 5) is 0. The van der Waals surface area contributed by atoms with Crippen LogP contribution in [0.2, 0.25) is 0 Å². The van der Waals surface area contributed by atoms with E-state index >= 15 is 0 Å². The molecule has 0 bridgehead atoms. The quantitative estimate of drug-likeness (QED) is 0.887. The first-order chi connectivity index (χ1) is 9.19. The van der Waals surface area contributed by atoms with E-state index in [1.165, 1.54) is 6.07 Å². The van der Waals surface area contributed by atoms with Crippen molar-refractivity contribution >= 4 is 5.69 Å². The highest BCUT2D eigenvalue weighted by molar-refractivity contribution is 5.44. The first kappa shape index (κ1) is 13.5. The monoisotopic (exact) mass is 263 g/mol. The third-order valence-corrected chi connectivity index (χ3v) is 2.75. The number of anilines is 1. The minimum absolute atomic E-state index is 0.554. The summed E-state index contributed by atoms with van der Waals surface area (Å²) in [6.07, 6.45) is 0. The highest BCUT2D eigenvalue weighted by atomic mass is 19.2. The number of nitrogens with one attached hydrogen (secondary N) is 1. The minimum atomic E-state index is -0.847. The maximum absolute atomic E-state index is 13.0. The van der Waals surface area contributed by atoms with Gasteiger partial charge in [0.1, 0.15) is 0 Å². The zero-order valence-electron chi connectivity index (χ0n) is 10.6. The van der Waals surface area contributed by atoms with Crippen LogP contribution in [0, 0.1) is 11.6 Å². The molecule has 2 aromatic carbocycles. The first-order valence-corrected chi connectivity index (χ1v) is 5.94. The van der Waals surface area contributed by atoms with Crippen molar-refractivity contribution in [1.29, 1.82) is 0 Å². The maximum atomic E-state index is 13.0. The number of ether oxygens (including phenoxy) is 1. The Kier molecular flexibility index (Phi) is 4.47. The van der Waals surface area contributed by atoms with E-state index in [4.69, 9.17) is 4.74 Å². The van der Waals surface area contributed by atoms with Crippen molar-refractivity contribution in [3.63, 3.8) is 0 Å². The molecule has 19 heavy (non-hydrogen) atoms. The third-order valence-electron chi connectivity index (χ3n) is 2.75. The van der Waals surface area contributed by atoms with Gasteiger partial charge in [-0.3, -0.25) is 0 Å². The summed E-state index contributed by atoms with van der Waals surface area (Å²) in [7, 11) is 1.65. The van der Waals surface area contributed by atoms with Crippen LogP contribution in [-0.4, -0.2) is 7.11 Å². The predicted octanol–water partition coefficient (Wildman–Crippen LogP) is 3.72. The van der Waals surface area contributed by atoms with Crippen LogP contribution in [0.3, 0.4) is 0 Å². The van der Waals surface area contributed by atoms with Crippen LogP contribution in [0.15, 0.2) is 42.5 Å². The van der Waals surface area contributed by atoms with Gasteiger partial charge in [0.2, 0.25) is 0 Å². The van der Waals surface area contributed by atoms with Crippen LogP contribution < -0.4 is 5.32 Å². The van der Waals surface area contributed by atoms with E-state index in [1.807, 2.05) is 24.3 Å².